The molecule has 30 heavy (non-hydrogen) atoms. The lowest BCUT2D eigenvalue weighted by atomic mass is 9.89. The van der Waals surface area contributed by atoms with E-state index in [9.17, 15) is 19.8 Å². The first kappa shape index (κ1) is 28.5. The van der Waals surface area contributed by atoms with Crippen LogP contribution in [0.15, 0.2) is 24.3 Å². The van der Waals surface area contributed by atoms with E-state index in [1.54, 1.807) is 0 Å². The normalized spacial score (nSPS) is 14.4. The average Bonchev–Trinajstić information content (AvgIpc) is 2.62. The van der Waals surface area contributed by atoms with Crippen molar-refractivity contribution in [3.05, 3.63) is 24.3 Å². The molecule has 174 valence electrons. The molecule has 0 rings (SSSR count). The fraction of sp³-hybridized carbons (Fsp3) is 0.760. The fourth-order valence-electron chi connectivity index (χ4n) is 3.60. The molecule has 0 aliphatic heterocycles. The van der Waals surface area contributed by atoms with Crippen molar-refractivity contribution in [1.29, 1.82) is 0 Å². The number of hydrogen-bond donors (Lipinski definition) is 1. The molecule has 5 heteroatoms. The van der Waals surface area contributed by atoms with Crippen molar-refractivity contribution >= 4 is 11.8 Å². The molecule has 0 radical (unpaired) electrons. The van der Waals surface area contributed by atoms with Crippen molar-refractivity contribution < 1.29 is 24.3 Å². The first-order chi connectivity index (χ1) is 14.1. The molecule has 0 saturated heterocycles. The molecule has 0 amide bonds. The molecule has 0 aromatic heterocycles. The van der Waals surface area contributed by atoms with Gasteiger partial charge in [0.15, 0.2) is 11.4 Å². The third-order valence-electron chi connectivity index (χ3n) is 5.05. The summed E-state index contributed by atoms with van der Waals surface area (Å²) in [6, 6.07) is 0. The van der Waals surface area contributed by atoms with Gasteiger partial charge in [0.2, 0.25) is 0 Å². The summed E-state index contributed by atoms with van der Waals surface area (Å²) in [6.07, 6.45) is 20.6. The Morgan fingerprint density at radius 2 is 1.40 bits per heavy atom. The van der Waals surface area contributed by atoms with Crippen LogP contribution in [-0.4, -0.2) is 54.6 Å². The number of ketones is 1. The molecule has 1 atom stereocenters. The second-order valence-corrected chi connectivity index (χ2v) is 9.43. The number of likely N-dealkylation sites (N-methyl/N-ethyl adjacent to an activating group) is 1. The number of carbonyl (C=O) groups excluding carboxylic acids is 2. The molecule has 5 nitrogen and oxygen atoms in total. The molecule has 0 heterocycles. The van der Waals surface area contributed by atoms with Gasteiger partial charge in [-0.2, -0.15) is 0 Å². The smallest absolute Gasteiger partial charge is 0.177 e. The molecule has 0 aliphatic rings. The Bertz CT molecular complexity index is 534. The highest BCUT2D eigenvalue weighted by atomic mass is 16.4. The number of nitrogens with zero attached hydrogens (tertiary/aromatic N) is 1. The number of quaternary nitrogens is 1. The molecular weight excluding hydrogens is 378 g/mol. The summed E-state index contributed by atoms with van der Waals surface area (Å²) in [6.45, 7) is 2.29. The monoisotopic (exact) mass is 423 g/mol. The van der Waals surface area contributed by atoms with Crippen LogP contribution >= 0.6 is 0 Å². The lowest BCUT2D eigenvalue weighted by Crippen LogP contribution is -2.56. The second-order valence-electron chi connectivity index (χ2n) is 9.43. The van der Waals surface area contributed by atoms with E-state index in [4.69, 9.17) is 0 Å². The summed E-state index contributed by atoms with van der Waals surface area (Å²) in [5, 5.41) is 21.6. The van der Waals surface area contributed by atoms with Crippen molar-refractivity contribution in [1.82, 2.24) is 0 Å². The standard InChI is InChI=1S/C25H45NO4/c1-5-6-7-8-9-10-11-12-13-14-15-16-17-18-19-20-23(27)25(30,21-24(28)29)22-26(2,3)4/h9-10,12-13,30H,5-8,11,14-22H2,1-4H3/b10-9-,13-12-. The van der Waals surface area contributed by atoms with Crippen molar-refractivity contribution in [2.75, 3.05) is 27.7 Å². The van der Waals surface area contributed by atoms with E-state index < -0.39 is 18.0 Å². The highest BCUT2D eigenvalue weighted by Crippen LogP contribution is 2.19. The zero-order valence-corrected chi connectivity index (χ0v) is 19.8. The second kappa shape index (κ2) is 16.3. The first-order valence-electron chi connectivity index (χ1n) is 11.7. The Morgan fingerprint density at radius 1 is 0.867 bits per heavy atom. The Morgan fingerprint density at radius 3 is 1.93 bits per heavy atom. The SMILES string of the molecule is CCCCC/C=C\C/C=C\CCCCCCCC(=O)C(O)(CC(=O)[O-])C[N+](C)(C)C. The van der Waals surface area contributed by atoms with E-state index in [0.717, 1.165) is 38.5 Å². The number of carbonyl (C=O) groups is 2. The zero-order chi connectivity index (χ0) is 22.9. The molecule has 0 fully saturated rings. The number of aliphatic carboxylic acids is 1. The minimum absolute atomic E-state index is 0.0695. The Balaban J connectivity index is 3.92. The quantitative estimate of drug-likeness (QED) is 0.194. The lowest BCUT2D eigenvalue weighted by molar-refractivity contribution is -0.875. The summed E-state index contributed by atoms with van der Waals surface area (Å²) >= 11 is 0. The van der Waals surface area contributed by atoms with Crippen LogP contribution in [0.5, 0.6) is 0 Å². The predicted octanol–water partition coefficient (Wildman–Crippen LogP) is 3.95. The molecule has 0 aromatic rings. The molecule has 0 saturated carbocycles. The van der Waals surface area contributed by atoms with E-state index in [2.05, 4.69) is 31.2 Å². The molecule has 0 aromatic carbocycles. The van der Waals surface area contributed by atoms with Gasteiger partial charge in [0.05, 0.1) is 21.1 Å². The highest BCUT2D eigenvalue weighted by Gasteiger charge is 2.40. The van der Waals surface area contributed by atoms with Crippen LogP contribution in [0.3, 0.4) is 0 Å². The molecule has 0 aliphatic carbocycles. The number of rotatable bonds is 19. The molecule has 1 unspecified atom stereocenters. The molecule has 0 spiro atoms. The van der Waals surface area contributed by atoms with E-state index in [0.29, 0.717) is 10.9 Å². The largest absolute Gasteiger partial charge is 0.550 e. The van der Waals surface area contributed by atoms with Gasteiger partial charge in [-0.25, -0.2) is 0 Å². The number of unbranched alkanes of at least 4 members (excludes halogenated alkanes) is 8. The number of Topliss-reactive ketones (excluding diaryl/α,β-unsaturated/α-hetero) is 1. The van der Waals surface area contributed by atoms with Crippen LogP contribution in [0.25, 0.3) is 0 Å². The van der Waals surface area contributed by atoms with Crippen LogP contribution in [0.2, 0.25) is 0 Å². The van der Waals surface area contributed by atoms with E-state index in [-0.39, 0.29) is 18.7 Å². The minimum atomic E-state index is -1.84. The summed E-state index contributed by atoms with van der Waals surface area (Å²) in [4.78, 5) is 23.4. The number of hydrogen-bond acceptors (Lipinski definition) is 4. The average molecular weight is 424 g/mol. The maximum atomic E-state index is 12.4. The van der Waals surface area contributed by atoms with Gasteiger partial charge < -0.3 is 19.5 Å². The highest BCUT2D eigenvalue weighted by molar-refractivity contribution is 5.90. The minimum Gasteiger partial charge on any atom is -0.550 e. The third kappa shape index (κ3) is 16.3. The van der Waals surface area contributed by atoms with Crippen LogP contribution < -0.4 is 5.11 Å². The number of aliphatic hydroxyl groups is 1. The summed E-state index contributed by atoms with van der Waals surface area (Å²) < 4.78 is 0.317. The molecule has 0 bridgehead atoms. The first-order valence-corrected chi connectivity index (χ1v) is 11.7. The van der Waals surface area contributed by atoms with Gasteiger partial charge in [-0.15, -0.1) is 0 Å². The van der Waals surface area contributed by atoms with Gasteiger partial charge in [0.1, 0.15) is 6.54 Å². The van der Waals surface area contributed by atoms with Crippen LogP contribution in [0.1, 0.15) is 90.4 Å². The lowest BCUT2D eigenvalue weighted by Gasteiger charge is -2.34. The van der Waals surface area contributed by atoms with E-state index >= 15 is 0 Å². The van der Waals surface area contributed by atoms with Crippen LogP contribution in [-0.2, 0) is 9.59 Å². The van der Waals surface area contributed by atoms with Crippen molar-refractivity contribution in [3.8, 4) is 0 Å². The van der Waals surface area contributed by atoms with E-state index in [1.165, 1.54) is 25.7 Å². The topological polar surface area (TPSA) is 77.4 Å². The predicted molar refractivity (Wildman–Crippen MR) is 122 cm³/mol. The van der Waals surface area contributed by atoms with Gasteiger partial charge in [0, 0.05) is 18.8 Å². The van der Waals surface area contributed by atoms with Crippen molar-refractivity contribution in [2.24, 2.45) is 0 Å². The van der Waals surface area contributed by atoms with Gasteiger partial charge in [0.25, 0.3) is 0 Å². The summed E-state index contributed by atoms with van der Waals surface area (Å²) in [5.41, 5.74) is -1.84. The Hall–Kier alpha value is -1.46. The van der Waals surface area contributed by atoms with Crippen LogP contribution in [0.4, 0.5) is 0 Å². The molecular formula is C25H45NO4. The van der Waals surface area contributed by atoms with Crippen molar-refractivity contribution in [2.45, 2.75) is 96.0 Å². The maximum absolute atomic E-state index is 12.4. The number of carboxylic acid groups (broad SMARTS) is 1. The third-order valence-corrected chi connectivity index (χ3v) is 5.05. The molecule has 1 N–H and O–H groups in total. The summed E-state index contributed by atoms with van der Waals surface area (Å²) in [5.74, 6) is -1.77. The van der Waals surface area contributed by atoms with Crippen molar-refractivity contribution in [3.63, 3.8) is 0 Å². The van der Waals surface area contributed by atoms with Gasteiger partial charge in [-0.05, 0) is 38.5 Å². The maximum Gasteiger partial charge on any atom is 0.177 e. The van der Waals surface area contributed by atoms with Gasteiger partial charge in [-0.1, -0.05) is 63.3 Å². The number of carboxylic acids is 1. The fourth-order valence-corrected chi connectivity index (χ4v) is 3.60. The van der Waals surface area contributed by atoms with Gasteiger partial charge >= 0.3 is 0 Å². The van der Waals surface area contributed by atoms with Gasteiger partial charge in [-0.3, -0.25) is 4.79 Å². The zero-order valence-electron chi connectivity index (χ0n) is 19.8. The summed E-state index contributed by atoms with van der Waals surface area (Å²) in [7, 11) is 5.48. The van der Waals surface area contributed by atoms with E-state index in [1.807, 2.05) is 21.1 Å². The number of allylic oxidation sites excluding steroid dienone is 4. The Kier molecular flexibility index (Phi) is 15.5. The van der Waals surface area contributed by atoms with Crippen LogP contribution in [0, 0.1) is 0 Å². The Labute approximate surface area is 184 Å².